The highest BCUT2D eigenvalue weighted by Gasteiger charge is 2.41. The number of nitrogens with one attached hydrogen (secondary N) is 1. The molecule has 2 fully saturated rings. The van der Waals surface area contributed by atoms with Gasteiger partial charge in [0, 0.05) is 24.4 Å². The first kappa shape index (κ1) is 12.1. The van der Waals surface area contributed by atoms with E-state index in [1.807, 2.05) is 0 Å². The number of rotatable bonds is 7. The van der Waals surface area contributed by atoms with Crippen LogP contribution >= 0.6 is 0 Å². The van der Waals surface area contributed by atoms with E-state index in [4.69, 9.17) is 0 Å². The molecule has 0 aromatic carbocycles. The highest BCUT2D eigenvalue weighted by Crippen LogP contribution is 2.34. The minimum absolute atomic E-state index is 0.366. The standard InChI is InChI=1S/C14H25NO/c1-2-3-4-5-6-7-14(16)12-10-11-8-9-13(12)15-11/h11-13,15H,2-10H2,1H3. The van der Waals surface area contributed by atoms with Crippen molar-refractivity contribution < 1.29 is 4.79 Å². The average molecular weight is 223 g/mol. The number of carbonyl (C=O) groups excluding carboxylic acids is 1. The minimum Gasteiger partial charge on any atom is -0.310 e. The summed E-state index contributed by atoms with van der Waals surface area (Å²) in [6.45, 7) is 2.23. The van der Waals surface area contributed by atoms with E-state index in [1.54, 1.807) is 0 Å². The van der Waals surface area contributed by atoms with Crippen LogP contribution < -0.4 is 5.32 Å². The molecular formula is C14H25NO. The summed E-state index contributed by atoms with van der Waals surface area (Å²) in [4.78, 5) is 12.0. The fraction of sp³-hybridized carbons (Fsp3) is 0.929. The first-order valence-corrected chi connectivity index (χ1v) is 7.10. The van der Waals surface area contributed by atoms with Gasteiger partial charge in [0.15, 0.2) is 0 Å². The summed E-state index contributed by atoms with van der Waals surface area (Å²) in [5.41, 5.74) is 0. The molecule has 2 heterocycles. The number of unbranched alkanes of at least 4 members (excludes halogenated alkanes) is 4. The lowest BCUT2D eigenvalue weighted by Gasteiger charge is -2.18. The molecule has 2 nitrogen and oxygen atoms in total. The second-order valence-corrected chi connectivity index (χ2v) is 5.52. The van der Waals surface area contributed by atoms with Gasteiger partial charge in [0.25, 0.3) is 0 Å². The van der Waals surface area contributed by atoms with E-state index in [0.29, 0.717) is 23.8 Å². The predicted octanol–water partition coefficient (Wildman–Crippen LogP) is 3.06. The van der Waals surface area contributed by atoms with Gasteiger partial charge in [-0.05, 0) is 25.7 Å². The second-order valence-electron chi connectivity index (χ2n) is 5.52. The van der Waals surface area contributed by atoms with E-state index < -0.39 is 0 Å². The van der Waals surface area contributed by atoms with Crippen molar-refractivity contribution in [3.05, 3.63) is 0 Å². The Morgan fingerprint density at radius 2 is 2.00 bits per heavy atom. The Labute approximate surface area is 99.2 Å². The van der Waals surface area contributed by atoms with E-state index in [9.17, 15) is 4.79 Å². The topological polar surface area (TPSA) is 29.1 Å². The third kappa shape index (κ3) is 2.85. The van der Waals surface area contributed by atoms with Crippen molar-refractivity contribution in [3.63, 3.8) is 0 Å². The van der Waals surface area contributed by atoms with Crippen LogP contribution in [0.4, 0.5) is 0 Å². The van der Waals surface area contributed by atoms with Gasteiger partial charge in [0.2, 0.25) is 0 Å². The molecule has 3 atom stereocenters. The monoisotopic (exact) mass is 223 g/mol. The molecule has 1 N–H and O–H groups in total. The molecule has 0 amide bonds. The first-order valence-electron chi connectivity index (χ1n) is 7.10. The van der Waals surface area contributed by atoms with Crippen LogP contribution in [0.15, 0.2) is 0 Å². The molecule has 2 aliphatic heterocycles. The zero-order chi connectivity index (χ0) is 11.4. The summed E-state index contributed by atoms with van der Waals surface area (Å²) in [7, 11) is 0. The molecule has 0 aliphatic carbocycles. The third-order valence-electron chi connectivity index (χ3n) is 4.24. The Kier molecular flexibility index (Phi) is 4.39. The summed E-state index contributed by atoms with van der Waals surface area (Å²) in [5.74, 6) is 0.904. The summed E-state index contributed by atoms with van der Waals surface area (Å²) in [5, 5.41) is 3.55. The van der Waals surface area contributed by atoms with Crippen LogP contribution in [0.5, 0.6) is 0 Å². The van der Waals surface area contributed by atoms with E-state index in [1.165, 1.54) is 38.5 Å². The van der Waals surface area contributed by atoms with Crippen molar-refractivity contribution in [3.8, 4) is 0 Å². The fourth-order valence-electron chi connectivity index (χ4n) is 3.27. The molecule has 0 aromatic rings. The molecule has 0 spiro atoms. The molecule has 0 saturated carbocycles. The summed E-state index contributed by atoms with van der Waals surface area (Å²) in [6, 6.07) is 1.20. The Hall–Kier alpha value is -0.370. The van der Waals surface area contributed by atoms with Gasteiger partial charge in [-0.15, -0.1) is 0 Å². The van der Waals surface area contributed by atoms with Crippen LogP contribution in [-0.2, 0) is 4.79 Å². The van der Waals surface area contributed by atoms with Crippen molar-refractivity contribution in [1.82, 2.24) is 5.32 Å². The van der Waals surface area contributed by atoms with Crippen LogP contribution in [-0.4, -0.2) is 17.9 Å². The van der Waals surface area contributed by atoms with E-state index >= 15 is 0 Å². The summed E-state index contributed by atoms with van der Waals surface area (Å²) in [6.07, 6.45) is 10.8. The highest BCUT2D eigenvalue weighted by atomic mass is 16.1. The molecule has 2 rings (SSSR count). The maximum Gasteiger partial charge on any atom is 0.137 e. The largest absolute Gasteiger partial charge is 0.310 e. The van der Waals surface area contributed by atoms with Gasteiger partial charge >= 0.3 is 0 Å². The number of hydrogen-bond acceptors (Lipinski definition) is 2. The van der Waals surface area contributed by atoms with Crippen molar-refractivity contribution in [2.45, 2.75) is 76.8 Å². The third-order valence-corrected chi connectivity index (χ3v) is 4.24. The molecule has 0 radical (unpaired) electrons. The first-order chi connectivity index (χ1) is 7.81. The SMILES string of the molecule is CCCCCCCC(=O)C1CC2CCC1N2. The van der Waals surface area contributed by atoms with E-state index in [-0.39, 0.29) is 0 Å². The molecular weight excluding hydrogens is 198 g/mol. The van der Waals surface area contributed by atoms with Crippen LogP contribution in [0, 0.1) is 5.92 Å². The zero-order valence-electron chi connectivity index (χ0n) is 10.5. The van der Waals surface area contributed by atoms with Gasteiger partial charge in [-0.1, -0.05) is 32.6 Å². The minimum atomic E-state index is 0.366. The molecule has 0 aromatic heterocycles. The number of fused-ring (bicyclic) bond motifs is 2. The van der Waals surface area contributed by atoms with E-state index in [2.05, 4.69) is 12.2 Å². The normalized spacial score (nSPS) is 32.2. The Morgan fingerprint density at radius 3 is 2.62 bits per heavy atom. The Morgan fingerprint density at radius 1 is 1.19 bits per heavy atom. The van der Waals surface area contributed by atoms with Gasteiger partial charge in [0.1, 0.15) is 5.78 Å². The fourth-order valence-corrected chi connectivity index (χ4v) is 3.27. The van der Waals surface area contributed by atoms with Crippen LogP contribution in [0.3, 0.4) is 0 Å². The maximum atomic E-state index is 12.0. The van der Waals surface area contributed by atoms with Gasteiger partial charge in [-0.3, -0.25) is 4.79 Å². The molecule has 2 aliphatic rings. The maximum absolute atomic E-state index is 12.0. The smallest absolute Gasteiger partial charge is 0.137 e. The number of ketones is 1. The van der Waals surface area contributed by atoms with Gasteiger partial charge in [-0.2, -0.15) is 0 Å². The second kappa shape index (κ2) is 5.81. The highest BCUT2D eigenvalue weighted by molar-refractivity contribution is 5.82. The van der Waals surface area contributed by atoms with Gasteiger partial charge in [-0.25, -0.2) is 0 Å². The molecule has 2 heteroatoms. The quantitative estimate of drug-likeness (QED) is 0.672. The van der Waals surface area contributed by atoms with Crippen LogP contribution in [0.25, 0.3) is 0 Å². The van der Waals surface area contributed by atoms with Gasteiger partial charge in [0.05, 0.1) is 0 Å². The molecule has 92 valence electrons. The number of carbonyl (C=O) groups is 1. The number of Topliss-reactive ketones (excluding diaryl/α,β-unsaturated/α-hetero) is 1. The van der Waals surface area contributed by atoms with Crippen molar-refractivity contribution in [2.24, 2.45) is 5.92 Å². The predicted molar refractivity (Wildman–Crippen MR) is 66.4 cm³/mol. The lowest BCUT2D eigenvalue weighted by atomic mass is 9.84. The molecule has 2 bridgehead atoms. The number of hydrogen-bond donors (Lipinski definition) is 1. The lowest BCUT2D eigenvalue weighted by Crippen LogP contribution is -2.28. The van der Waals surface area contributed by atoms with Crippen molar-refractivity contribution in [2.75, 3.05) is 0 Å². The zero-order valence-corrected chi connectivity index (χ0v) is 10.5. The lowest BCUT2D eigenvalue weighted by molar-refractivity contribution is -0.123. The molecule has 2 saturated heterocycles. The average Bonchev–Trinajstić information content (AvgIpc) is 2.90. The van der Waals surface area contributed by atoms with Crippen molar-refractivity contribution in [1.29, 1.82) is 0 Å². The Balaban J connectivity index is 1.61. The molecule has 3 unspecified atom stereocenters. The van der Waals surface area contributed by atoms with Crippen LogP contribution in [0.1, 0.15) is 64.7 Å². The molecule has 16 heavy (non-hydrogen) atoms. The summed E-state index contributed by atoms with van der Waals surface area (Å²) < 4.78 is 0. The van der Waals surface area contributed by atoms with Gasteiger partial charge < -0.3 is 5.32 Å². The van der Waals surface area contributed by atoms with Crippen molar-refractivity contribution >= 4 is 5.78 Å². The summed E-state index contributed by atoms with van der Waals surface area (Å²) >= 11 is 0. The Bertz CT molecular complexity index is 239. The van der Waals surface area contributed by atoms with Crippen LogP contribution in [0.2, 0.25) is 0 Å². The van der Waals surface area contributed by atoms with E-state index in [0.717, 1.165) is 19.3 Å².